The van der Waals surface area contributed by atoms with Gasteiger partial charge < -0.3 is 25.9 Å². The smallest absolute Gasteiger partial charge is 0.250 e. The summed E-state index contributed by atoms with van der Waals surface area (Å²) in [5, 5.41) is 13.3. The number of nitrogens with one attached hydrogen (secondary N) is 2. The summed E-state index contributed by atoms with van der Waals surface area (Å²) in [6, 6.07) is 12.2. The lowest BCUT2D eigenvalue weighted by atomic mass is 9.88. The van der Waals surface area contributed by atoms with Crippen LogP contribution in [0.3, 0.4) is 0 Å². The van der Waals surface area contributed by atoms with Crippen LogP contribution >= 0.6 is 0 Å². The van der Waals surface area contributed by atoms with Crippen LogP contribution in [0.15, 0.2) is 42.6 Å². The number of hydrogen-bond donors (Lipinski definition) is 4. The van der Waals surface area contributed by atoms with Crippen LogP contribution in [0.2, 0.25) is 0 Å². The number of rotatable bonds is 14. The molecular formula is C29H40N4O5S. The van der Waals surface area contributed by atoms with Gasteiger partial charge in [-0.15, -0.1) is 0 Å². The highest BCUT2D eigenvalue weighted by molar-refractivity contribution is 7.89. The monoisotopic (exact) mass is 556 g/mol. The van der Waals surface area contributed by atoms with E-state index in [9.17, 15) is 13.2 Å². The first-order chi connectivity index (χ1) is 18.8. The van der Waals surface area contributed by atoms with Crippen molar-refractivity contribution in [3.05, 3.63) is 59.3 Å². The number of aromatic nitrogens is 1. The van der Waals surface area contributed by atoms with Crippen molar-refractivity contribution in [2.45, 2.75) is 44.6 Å². The Hall–Kier alpha value is -2.76. The third-order valence-corrected chi connectivity index (χ3v) is 9.43. The summed E-state index contributed by atoms with van der Waals surface area (Å²) in [4.78, 5) is 15.7. The number of methoxy groups -OCH3 is 1. The SMILES string of the molecule is COCCCS(=O)(=O)N1CCC(c2c[nH]c3c(C(N)=O)cc(-c4cccc(CNCCCCO)c4)cc23)CC1. The van der Waals surface area contributed by atoms with E-state index in [4.69, 9.17) is 15.6 Å². The molecule has 0 radical (unpaired) electrons. The van der Waals surface area contributed by atoms with E-state index in [0.29, 0.717) is 51.1 Å². The quantitative estimate of drug-likeness (QED) is 0.225. The van der Waals surface area contributed by atoms with Gasteiger partial charge in [0.25, 0.3) is 5.91 Å². The Morgan fingerprint density at radius 1 is 1.15 bits per heavy atom. The first-order valence-electron chi connectivity index (χ1n) is 13.7. The molecule has 1 amide bonds. The van der Waals surface area contributed by atoms with Gasteiger partial charge in [0.15, 0.2) is 0 Å². The number of amides is 1. The van der Waals surface area contributed by atoms with E-state index in [1.165, 1.54) is 0 Å². The van der Waals surface area contributed by atoms with Gasteiger partial charge in [0.05, 0.1) is 16.8 Å². The highest BCUT2D eigenvalue weighted by Crippen LogP contribution is 2.37. The number of nitrogens with two attached hydrogens (primary N) is 1. The van der Waals surface area contributed by atoms with E-state index in [1.807, 2.05) is 24.4 Å². The minimum absolute atomic E-state index is 0.0984. The van der Waals surface area contributed by atoms with E-state index in [2.05, 4.69) is 28.5 Å². The number of benzene rings is 2. The molecule has 1 aliphatic heterocycles. The lowest BCUT2D eigenvalue weighted by Gasteiger charge is -2.31. The van der Waals surface area contributed by atoms with Gasteiger partial charge in [-0.25, -0.2) is 12.7 Å². The van der Waals surface area contributed by atoms with Gasteiger partial charge >= 0.3 is 0 Å². The van der Waals surface area contributed by atoms with Gasteiger partial charge in [-0.1, -0.05) is 18.2 Å². The second kappa shape index (κ2) is 13.5. The van der Waals surface area contributed by atoms with Crippen LogP contribution in [-0.2, 0) is 21.3 Å². The third kappa shape index (κ3) is 7.26. The largest absolute Gasteiger partial charge is 0.396 e. The zero-order chi connectivity index (χ0) is 27.8. The number of fused-ring (bicyclic) bond motifs is 1. The van der Waals surface area contributed by atoms with Gasteiger partial charge in [0.1, 0.15) is 0 Å². The molecule has 1 aromatic heterocycles. The van der Waals surface area contributed by atoms with Crippen LogP contribution in [0.25, 0.3) is 22.0 Å². The Morgan fingerprint density at radius 2 is 1.95 bits per heavy atom. The number of hydrogen-bond acceptors (Lipinski definition) is 6. The molecule has 212 valence electrons. The molecule has 5 N–H and O–H groups in total. The molecular weight excluding hydrogens is 516 g/mol. The third-order valence-electron chi connectivity index (χ3n) is 7.48. The van der Waals surface area contributed by atoms with Gasteiger partial charge in [-0.05, 0) is 85.0 Å². The molecule has 0 aliphatic carbocycles. The molecule has 0 spiro atoms. The Bertz CT molecular complexity index is 1360. The highest BCUT2D eigenvalue weighted by Gasteiger charge is 2.30. The number of aliphatic hydroxyl groups excluding tert-OH is 1. The van der Waals surface area contributed by atoms with E-state index < -0.39 is 15.9 Å². The van der Waals surface area contributed by atoms with Crippen molar-refractivity contribution < 1.29 is 23.1 Å². The Morgan fingerprint density at radius 3 is 2.67 bits per heavy atom. The van der Waals surface area contributed by atoms with Crippen molar-refractivity contribution in [2.75, 3.05) is 45.7 Å². The molecule has 2 aromatic carbocycles. The standard InChI is InChI=1S/C29H40N4O5S/c1-38-14-5-15-39(36,37)33-11-8-22(9-12-33)27-20-32-28-25(27)17-24(18-26(28)29(30)35)23-7-4-6-21(16-23)19-31-10-2-3-13-34/h4,6-7,16-18,20,22,31-32,34H,2-3,5,8-15,19H2,1H3,(H2,30,35). The summed E-state index contributed by atoms with van der Waals surface area (Å²) in [5.74, 6) is -0.218. The predicted molar refractivity (Wildman–Crippen MR) is 154 cm³/mol. The Labute approximate surface area is 230 Å². The van der Waals surface area contributed by atoms with Crippen molar-refractivity contribution in [1.29, 1.82) is 0 Å². The van der Waals surface area contributed by atoms with E-state index in [-0.39, 0.29) is 18.3 Å². The number of carbonyl (C=O) groups is 1. The first-order valence-corrected chi connectivity index (χ1v) is 15.3. The van der Waals surface area contributed by atoms with Crippen LogP contribution in [-0.4, -0.2) is 74.4 Å². The molecule has 0 saturated carbocycles. The molecule has 4 rings (SSSR count). The Balaban J connectivity index is 1.55. The number of primary amides is 1. The van der Waals surface area contributed by atoms with Gasteiger partial charge in [-0.3, -0.25) is 4.79 Å². The maximum absolute atomic E-state index is 12.7. The number of ether oxygens (including phenoxy) is 1. The van der Waals surface area contributed by atoms with Crippen molar-refractivity contribution >= 4 is 26.8 Å². The zero-order valence-corrected chi connectivity index (χ0v) is 23.4. The van der Waals surface area contributed by atoms with Crippen LogP contribution in [0.5, 0.6) is 0 Å². The summed E-state index contributed by atoms with van der Waals surface area (Å²) in [6.45, 7) is 3.13. The van der Waals surface area contributed by atoms with E-state index in [1.54, 1.807) is 11.4 Å². The molecule has 1 saturated heterocycles. The van der Waals surface area contributed by atoms with Crippen LogP contribution in [0, 0.1) is 0 Å². The second-order valence-electron chi connectivity index (χ2n) is 10.2. The first kappa shape index (κ1) is 29.2. The predicted octanol–water partition coefficient (Wildman–Crippen LogP) is 3.34. The average Bonchev–Trinajstić information content (AvgIpc) is 3.37. The lowest BCUT2D eigenvalue weighted by Crippen LogP contribution is -2.39. The minimum atomic E-state index is -3.30. The molecule has 0 bridgehead atoms. The topological polar surface area (TPSA) is 138 Å². The number of carbonyl (C=O) groups excluding carboxylic acids is 1. The molecule has 0 unspecified atom stereocenters. The maximum Gasteiger partial charge on any atom is 0.250 e. The number of aromatic amines is 1. The average molecular weight is 557 g/mol. The molecule has 10 heteroatoms. The number of piperidine rings is 1. The number of unbranched alkanes of at least 4 members (excludes halogenated alkanes) is 1. The van der Waals surface area contributed by atoms with Crippen LogP contribution < -0.4 is 11.1 Å². The van der Waals surface area contributed by atoms with Gasteiger partial charge in [-0.2, -0.15) is 0 Å². The highest BCUT2D eigenvalue weighted by atomic mass is 32.2. The number of nitrogens with zero attached hydrogens (tertiary/aromatic N) is 1. The van der Waals surface area contributed by atoms with Crippen molar-refractivity contribution in [3.8, 4) is 11.1 Å². The Kier molecular flexibility index (Phi) is 10.1. The van der Waals surface area contributed by atoms with Gasteiger partial charge in [0.2, 0.25) is 10.0 Å². The van der Waals surface area contributed by atoms with Crippen molar-refractivity contribution in [1.82, 2.24) is 14.6 Å². The van der Waals surface area contributed by atoms with Crippen molar-refractivity contribution in [3.63, 3.8) is 0 Å². The zero-order valence-electron chi connectivity index (χ0n) is 22.6. The summed E-state index contributed by atoms with van der Waals surface area (Å²) in [5.41, 5.74) is 11.1. The van der Waals surface area contributed by atoms with Gasteiger partial charge in [0, 0.05) is 51.5 Å². The number of sulfonamides is 1. The molecule has 2 heterocycles. The minimum Gasteiger partial charge on any atom is -0.396 e. The summed E-state index contributed by atoms with van der Waals surface area (Å²) < 4.78 is 32.1. The van der Waals surface area contributed by atoms with E-state index >= 15 is 0 Å². The molecule has 39 heavy (non-hydrogen) atoms. The number of H-pyrrole nitrogens is 1. The molecule has 3 aromatic rings. The fraction of sp³-hybridized carbons (Fsp3) is 0.483. The lowest BCUT2D eigenvalue weighted by molar-refractivity contribution is 0.100. The molecule has 0 atom stereocenters. The number of aliphatic hydroxyl groups is 1. The molecule has 1 fully saturated rings. The second-order valence-corrected chi connectivity index (χ2v) is 12.3. The summed E-state index contributed by atoms with van der Waals surface area (Å²) in [7, 11) is -1.72. The van der Waals surface area contributed by atoms with Crippen LogP contribution in [0.1, 0.15) is 59.5 Å². The van der Waals surface area contributed by atoms with Crippen molar-refractivity contribution in [2.24, 2.45) is 5.73 Å². The summed E-state index contributed by atoms with van der Waals surface area (Å²) >= 11 is 0. The fourth-order valence-electron chi connectivity index (χ4n) is 5.37. The maximum atomic E-state index is 12.7. The normalized spacial score (nSPS) is 15.2. The molecule has 1 aliphatic rings. The van der Waals surface area contributed by atoms with Crippen LogP contribution in [0.4, 0.5) is 0 Å². The fourth-order valence-corrected chi connectivity index (χ4v) is 6.87. The van der Waals surface area contributed by atoms with E-state index in [0.717, 1.165) is 52.5 Å². The summed E-state index contributed by atoms with van der Waals surface area (Å²) in [6.07, 6.45) is 5.56. The molecule has 9 nitrogen and oxygen atoms in total.